The molecule has 0 aliphatic heterocycles. The first-order valence-corrected chi connectivity index (χ1v) is 4.70. The van der Waals surface area contributed by atoms with Gasteiger partial charge in [-0.15, -0.1) is 12.4 Å². The molecule has 1 rings (SSSR count). The van der Waals surface area contributed by atoms with Gasteiger partial charge in [-0.05, 0) is 12.1 Å². The van der Waals surface area contributed by atoms with Gasteiger partial charge in [-0.2, -0.15) is 0 Å². The topological polar surface area (TPSA) is 52.3 Å². The van der Waals surface area contributed by atoms with Crippen LogP contribution in [0.25, 0.3) is 0 Å². The Balaban J connectivity index is 0.00000225. The zero-order valence-corrected chi connectivity index (χ0v) is 10.1. The predicted molar refractivity (Wildman–Crippen MR) is 62.2 cm³/mol. The molecule has 16 heavy (non-hydrogen) atoms. The number of benzene rings is 1. The van der Waals surface area contributed by atoms with E-state index in [0.717, 1.165) is 0 Å². The van der Waals surface area contributed by atoms with Crippen LogP contribution in [0.3, 0.4) is 0 Å². The summed E-state index contributed by atoms with van der Waals surface area (Å²) >= 11 is 5.78. The number of ether oxygens (including phenoxy) is 1. The number of carbonyl (C=O) groups excluding carboxylic acids is 1. The molecule has 3 nitrogen and oxygen atoms in total. The van der Waals surface area contributed by atoms with E-state index >= 15 is 0 Å². The van der Waals surface area contributed by atoms with Gasteiger partial charge in [0.05, 0.1) is 13.5 Å². The molecule has 1 aromatic carbocycles. The fourth-order valence-corrected chi connectivity index (χ4v) is 1.53. The minimum absolute atomic E-state index is 0. The highest BCUT2D eigenvalue weighted by Gasteiger charge is 2.18. The van der Waals surface area contributed by atoms with Crippen LogP contribution in [0.2, 0.25) is 5.02 Å². The third-order valence-electron chi connectivity index (χ3n) is 1.98. The Morgan fingerprint density at radius 3 is 2.75 bits per heavy atom. The zero-order valence-electron chi connectivity index (χ0n) is 8.57. The Morgan fingerprint density at radius 1 is 1.62 bits per heavy atom. The van der Waals surface area contributed by atoms with E-state index in [1.807, 2.05) is 0 Å². The molecular formula is C10H12Cl2FNO2. The number of esters is 1. The van der Waals surface area contributed by atoms with Crippen LogP contribution < -0.4 is 5.73 Å². The lowest BCUT2D eigenvalue weighted by Gasteiger charge is -2.13. The van der Waals surface area contributed by atoms with Crippen LogP contribution in [0.4, 0.5) is 4.39 Å². The summed E-state index contributed by atoms with van der Waals surface area (Å²) in [6, 6.07) is 3.47. The predicted octanol–water partition coefficient (Wildman–Crippen LogP) is 2.46. The zero-order chi connectivity index (χ0) is 11.4. The van der Waals surface area contributed by atoms with Crippen molar-refractivity contribution in [2.24, 2.45) is 5.73 Å². The summed E-state index contributed by atoms with van der Waals surface area (Å²) in [5, 5.41) is 0.214. The summed E-state index contributed by atoms with van der Waals surface area (Å²) in [5.74, 6) is -1.01. The second-order valence-electron chi connectivity index (χ2n) is 3.02. The van der Waals surface area contributed by atoms with Crippen molar-refractivity contribution in [3.05, 3.63) is 34.6 Å². The molecule has 90 valence electrons. The molecule has 0 fully saturated rings. The van der Waals surface area contributed by atoms with Crippen LogP contribution >= 0.6 is 24.0 Å². The molecule has 0 aromatic heterocycles. The molecule has 1 aromatic rings. The van der Waals surface area contributed by atoms with E-state index in [9.17, 15) is 9.18 Å². The minimum atomic E-state index is -0.786. The van der Waals surface area contributed by atoms with Gasteiger partial charge in [0.1, 0.15) is 5.82 Å². The van der Waals surface area contributed by atoms with Crippen molar-refractivity contribution in [1.82, 2.24) is 0 Å². The van der Waals surface area contributed by atoms with Gasteiger partial charge >= 0.3 is 5.97 Å². The SMILES string of the molecule is COC(=O)C[C@@H](N)c1c(F)cccc1Cl.Cl. The third-order valence-corrected chi connectivity index (χ3v) is 2.31. The lowest BCUT2D eigenvalue weighted by atomic mass is 10.0. The summed E-state index contributed by atoms with van der Waals surface area (Å²) < 4.78 is 17.8. The highest BCUT2D eigenvalue weighted by molar-refractivity contribution is 6.31. The Morgan fingerprint density at radius 2 is 2.25 bits per heavy atom. The third kappa shape index (κ3) is 3.63. The molecule has 1 atom stereocenters. The molecule has 0 heterocycles. The summed E-state index contributed by atoms with van der Waals surface area (Å²) in [7, 11) is 1.25. The van der Waals surface area contributed by atoms with E-state index in [4.69, 9.17) is 17.3 Å². The lowest BCUT2D eigenvalue weighted by molar-refractivity contribution is -0.141. The van der Waals surface area contributed by atoms with Crippen LogP contribution in [0, 0.1) is 5.82 Å². The van der Waals surface area contributed by atoms with Gasteiger partial charge in [-0.25, -0.2) is 4.39 Å². The molecule has 0 unspecified atom stereocenters. The Bertz CT molecular complexity index is 354. The van der Waals surface area contributed by atoms with Gasteiger partial charge in [0.15, 0.2) is 0 Å². The number of nitrogens with two attached hydrogens (primary N) is 1. The van der Waals surface area contributed by atoms with Gasteiger partial charge < -0.3 is 10.5 Å². The van der Waals surface area contributed by atoms with Crippen LogP contribution in [0.5, 0.6) is 0 Å². The molecule has 0 aliphatic rings. The van der Waals surface area contributed by atoms with Crippen LogP contribution in [0.1, 0.15) is 18.0 Å². The minimum Gasteiger partial charge on any atom is -0.469 e. The average Bonchev–Trinajstić information content (AvgIpc) is 2.17. The van der Waals surface area contributed by atoms with Crippen LogP contribution in [0.15, 0.2) is 18.2 Å². The first-order valence-electron chi connectivity index (χ1n) is 4.32. The van der Waals surface area contributed by atoms with Crippen molar-refractivity contribution in [3.63, 3.8) is 0 Å². The van der Waals surface area contributed by atoms with E-state index < -0.39 is 17.8 Å². The first kappa shape index (κ1) is 15.2. The number of halogens is 3. The van der Waals surface area contributed by atoms with Crippen LogP contribution in [-0.4, -0.2) is 13.1 Å². The first-order chi connectivity index (χ1) is 7.06. The molecule has 0 spiro atoms. The highest BCUT2D eigenvalue weighted by atomic mass is 35.5. The van der Waals surface area contributed by atoms with E-state index in [1.165, 1.54) is 25.3 Å². The standard InChI is InChI=1S/C10H11ClFNO2.ClH/c1-15-9(14)5-8(13)10-6(11)3-2-4-7(10)12;/h2-4,8H,5,13H2,1H3;1H/t8-;/m1./s1. The number of carbonyl (C=O) groups is 1. The molecular weight excluding hydrogens is 256 g/mol. The van der Waals surface area contributed by atoms with E-state index in [2.05, 4.69) is 4.74 Å². The van der Waals surface area contributed by atoms with Gasteiger partial charge in [-0.1, -0.05) is 17.7 Å². The molecule has 0 saturated carbocycles. The van der Waals surface area contributed by atoms with Gasteiger partial charge in [0, 0.05) is 16.6 Å². The quantitative estimate of drug-likeness (QED) is 0.857. The molecule has 0 aliphatic carbocycles. The van der Waals surface area contributed by atoms with Gasteiger partial charge in [-0.3, -0.25) is 4.79 Å². The lowest BCUT2D eigenvalue weighted by Crippen LogP contribution is -2.18. The maximum absolute atomic E-state index is 13.3. The number of rotatable bonds is 3. The van der Waals surface area contributed by atoms with E-state index in [1.54, 1.807) is 0 Å². The van der Waals surface area contributed by atoms with Gasteiger partial charge in [0.2, 0.25) is 0 Å². The summed E-state index contributed by atoms with van der Waals surface area (Å²) in [6.07, 6.45) is -0.100. The number of methoxy groups -OCH3 is 1. The fraction of sp³-hybridized carbons (Fsp3) is 0.300. The Hall–Kier alpha value is -0.840. The molecule has 2 N–H and O–H groups in total. The smallest absolute Gasteiger partial charge is 0.307 e. The molecule has 6 heteroatoms. The number of hydrogen-bond acceptors (Lipinski definition) is 3. The monoisotopic (exact) mass is 267 g/mol. The normalized spacial score (nSPS) is 11.5. The second kappa shape index (κ2) is 6.68. The summed E-state index contributed by atoms with van der Waals surface area (Å²) in [5.41, 5.74) is 5.79. The van der Waals surface area contributed by atoms with Crippen molar-refractivity contribution in [3.8, 4) is 0 Å². The van der Waals surface area contributed by atoms with Crippen LogP contribution in [-0.2, 0) is 9.53 Å². The molecule has 0 radical (unpaired) electrons. The molecule has 0 bridgehead atoms. The van der Waals surface area contributed by atoms with Crippen molar-refractivity contribution in [2.75, 3.05) is 7.11 Å². The van der Waals surface area contributed by atoms with Crippen molar-refractivity contribution < 1.29 is 13.9 Å². The largest absolute Gasteiger partial charge is 0.469 e. The summed E-state index contributed by atoms with van der Waals surface area (Å²) in [6.45, 7) is 0. The fourth-order valence-electron chi connectivity index (χ4n) is 1.23. The van der Waals surface area contributed by atoms with Gasteiger partial charge in [0.25, 0.3) is 0 Å². The van der Waals surface area contributed by atoms with Crippen molar-refractivity contribution >= 4 is 30.0 Å². The summed E-state index contributed by atoms with van der Waals surface area (Å²) in [4.78, 5) is 11.0. The maximum atomic E-state index is 13.3. The number of hydrogen-bond donors (Lipinski definition) is 1. The van der Waals surface area contributed by atoms with E-state index in [0.29, 0.717) is 0 Å². The highest BCUT2D eigenvalue weighted by Crippen LogP contribution is 2.26. The van der Waals surface area contributed by atoms with Crippen molar-refractivity contribution in [2.45, 2.75) is 12.5 Å². The molecule has 0 saturated heterocycles. The maximum Gasteiger partial charge on any atom is 0.307 e. The Labute approximate surface area is 104 Å². The average molecular weight is 268 g/mol. The second-order valence-corrected chi connectivity index (χ2v) is 3.43. The Kier molecular flexibility index (Phi) is 6.33. The molecule has 0 amide bonds. The van der Waals surface area contributed by atoms with E-state index in [-0.39, 0.29) is 29.4 Å². The van der Waals surface area contributed by atoms with Crippen molar-refractivity contribution in [1.29, 1.82) is 0 Å².